The van der Waals surface area contributed by atoms with E-state index in [-0.39, 0.29) is 18.0 Å². The zero-order chi connectivity index (χ0) is 24.3. The number of carbonyl (C=O) groups excluding carboxylic acids is 1. The summed E-state index contributed by atoms with van der Waals surface area (Å²) >= 11 is 5.91. The average Bonchev–Trinajstić information content (AvgIpc) is 3.32. The Hall–Kier alpha value is -3.31. The maximum absolute atomic E-state index is 12.7. The van der Waals surface area contributed by atoms with Crippen LogP contribution in [0.3, 0.4) is 0 Å². The van der Waals surface area contributed by atoms with Crippen LogP contribution in [0.5, 0.6) is 5.75 Å². The normalized spacial score (nSPS) is 18.4. The van der Waals surface area contributed by atoms with E-state index in [9.17, 15) is 13.2 Å². The Morgan fingerprint density at radius 1 is 1.18 bits per heavy atom. The van der Waals surface area contributed by atoms with Crippen LogP contribution in [0.15, 0.2) is 54.9 Å². The van der Waals surface area contributed by atoms with Gasteiger partial charge in [0.1, 0.15) is 11.6 Å². The Balaban J connectivity index is 1.56. The molecule has 1 aromatic carbocycles. The van der Waals surface area contributed by atoms with Gasteiger partial charge < -0.3 is 20.3 Å². The summed E-state index contributed by atoms with van der Waals surface area (Å²) in [5, 5.41) is 10.4. The first-order chi connectivity index (χ1) is 16.2. The highest BCUT2D eigenvalue weighted by molar-refractivity contribution is 7.89. The lowest BCUT2D eigenvalue weighted by molar-refractivity contribution is 0.243. The number of urea groups is 1. The quantitative estimate of drug-likeness (QED) is 0.529. The SMILES string of the molecule is COc1ccc([C@@H]2CN(c3ccnn3S(C)(=O)=O)CC[C@H]2NC(=O)Nc2ccc(Cl)cc2)nc1. The molecule has 1 aliphatic heterocycles. The third kappa shape index (κ3) is 5.42. The molecule has 12 heteroatoms. The Morgan fingerprint density at radius 3 is 2.59 bits per heavy atom. The summed E-state index contributed by atoms with van der Waals surface area (Å²) in [5.41, 5.74) is 1.38. The maximum Gasteiger partial charge on any atom is 0.319 e. The van der Waals surface area contributed by atoms with E-state index in [4.69, 9.17) is 16.3 Å². The molecule has 0 unspecified atom stereocenters. The largest absolute Gasteiger partial charge is 0.495 e. The van der Waals surface area contributed by atoms with E-state index in [2.05, 4.69) is 20.7 Å². The standard InChI is InChI=1S/C22H25ClN6O4S/c1-33-17-7-8-19(24-13-17)18-14-28(21-9-11-25-29(21)34(2,31)32)12-10-20(18)27-22(30)26-16-5-3-15(23)4-6-16/h3-9,11,13,18,20H,10,12,14H2,1-2H3,(H2,26,27,30)/t18-,20+/m0/s1. The van der Waals surface area contributed by atoms with Crippen molar-refractivity contribution >= 4 is 39.2 Å². The number of benzene rings is 1. The van der Waals surface area contributed by atoms with E-state index < -0.39 is 10.0 Å². The summed E-state index contributed by atoms with van der Waals surface area (Å²) in [6.07, 6.45) is 4.77. The third-order valence-corrected chi connectivity index (χ3v) is 6.80. The Kier molecular flexibility index (Phi) is 6.94. The summed E-state index contributed by atoms with van der Waals surface area (Å²) in [4.78, 5) is 19.2. The fourth-order valence-corrected chi connectivity index (χ4v) is 4.87. The van der Waals surface area contributed by atoms with Crippen molar-refractivity contribution in [3.05, 3.63) is 65.6 Å². The Labute approximate surface area is 202 Å². The van der Waals surface area contributed by atoms with Gasteiger partial charge in [-0.15, -0.1) is 4.09 Å². The fourth-order valence-electron chi connectivity index (χ4n) is 4.00. The molecule has 1 aliphatic rings. The molecule has 2 aromatic heterocycles. The van der Waals surface area contributed by atoms with Gasteiger partial charge in [-0.2, -0.15) is 5.10 Å². The van der Waals surface area contributed by atoms with E-state index in [0.717, 1.165) is 16.0 Å². The Bertz CT molecular complexity index is 1250. The van der Waals surface area contributed by atoms with Crippen LogP contribution < -0.4 is 20.3 Å². The number of amides is 2. The van der Waals surface area contributed by atoms with Crippen molar-refractivity contribution in [2.24, 2.45) is 0 Å². The molecule has 0 aliphatic carbocycles. The van der Waals surface area contributed by atoms with Gasteiger partial charge in [-0.1, -0.05) is 11.6 Å². The molecule has 1 fully saturated rings. The Morgan fingerprint density at radius 2 is 1.94 bits per heavy atom. The summed E-state index contributed by atoms with van der Waals surface area (Å²) in [5.74, 6) is 0.889. The summed E-state index contributed by atoms with van der Waals surface area (Å²) in [6, 6.07) is 11.6. The van der Waals surface area contributed by atoms with Crippen LogP contribution in [-0.2, 0) is 10.0 Å². The van der Waals surface area contributed by atoms with Gasteiger partial charge in [-0.05, 0) is 42.8 Å². The second kappa shape index (κ2) is 9.90. The van der Waals surface area contributed by atoms with Crippen LogP contribution in [0.1, 0.15) is 18.0 Å². The highest BCUT2D eigenvalue weighted by Gasteiger charge is 2.34. The molecule has 2 N–H and O–H groups in total. The van der Waals surface area contributed by atoms with Gasteiger partial charge in [0.2, 0.25) is 0 Å². The number of rotatable bonds is 6. The molecule has 4 rings (SSSR count). The topological polar surface area (TPSA) is 118 Å². The predicted octanol–water partition coefficient (Wildman–Crippen LogP) is 2.93. The first-order valence-corrected chi connectivity index (χ1v) is 12.8. The molecule has 3 aromatic rings. The number of ether oxygens (including phenoxy) is 1. The van der Waals surface area contributed by atoms with Crippen molar-refractivity contribution < 1.29 is 17.9 Å². The third-order valence-electron chi connectivity index (χ3n) is 5.64. The highest BCUT2D eigenvalue weighted by Crippen LogP contribution is 2.30. The summed E-state index contributed by atoms with van der Waals surface area (Å²) in [7, 11) is -1.99. The zero-order valence-corrected chi connectivity index (χ0v) is 20.3. The highest BCUT2D eigenvalue weighted by atomic mass is 35.5. The summed E-state index contributed by atoms with van der Waals surface area (Å²) < 4.78 is 30.6. The van der Waals surface area contributed by atoms with Crippen LogP contribution in [0, 0.1) is 0 Å². The second-order valence-corrected chi connectivity index (χ2v) is 10.2. The monoisotopic (exact) mass is 504 g/mol. The van der Waals surface area contributed by atoms with Crippen molar-refractivity contribution in [1.82, 2.24) is 19.5 Å². The van der Waals surface area contributed by atoms with Crippen LogP contribution in [-0.4, -0.2) is 61.1 Å². The number of anilines is 2. The molecular weight excluding hydrogens is 480 g/mol. The maximum atomic E-state index is 12.7. The van der Waals surface area contributed by atoms with Gasteiger partial charge in [0.05, 0.1) is 25.8 Å². The van der Waals surface area contributed by atoms with E-state index in [1.54, 1.807) is 43.6 Å². The molecule has 0 radical (unpaired) electrons. The first kappa shape index (κ1) is 23.8. The van der Waals surface area contributed by atoms with E-state index in [0.29, 0.717) is 41.8 Å². The molecule has 3 heterocycles. The van der Waals surface area contributed by atoms with E-state index in [1.165, 1.54) is 6.20 Å². The number of halogens is 1. The number of carbonyl (C=O) groups is 1. The lowest BCUT2D eigenvalue weighted by Gasteiger charge is -2.39. The van der Waals surface area contributed by atoms with Gasteiger partial charge in [0.25, 0.3) is 10.0 Å². The number of hydrogen-bond donors (Lipinski definition) is 2. The van der Waals surface area contributed by atoms with Crippen LogP contribution in [0.25, 0.3) is 0 Å². The van der Waals surface area contributed by atoms with Crippen molar-refractivity contribution in [3.63, 3.8) is 0 Å². The van der Waals surface area contributed by atoms with Gasteiger partial charge in [0, 0.05) is 47.5 Å². The molecule has 0 bridgehead atoms. The first-order valence-electron chi connectivity index (χ1n) is 10.6. The van der Waals surface area contributed by atoms with Crippen molar-refractivity contribution in [1.29, 1.82) is 0 Å². The minimum atomic E-state index is -3.56. The number of nitrogens with zero attached hydrogens (tertiary/aromatic N) is 4. The van der Waals surface area contributed by atoms with E-state index >= 15 is 0 Å². The average molecular weight is 505 g/mol. The number of methoxy groups -OCH3 is 1. The smallest absolute Gasteiger partial charge is 0.319 e. The predicted molar refractivity (Wildman–Crippen MR) is 130 cm³/mol. The molecule has 10 nitrogen and oxygen atoms in total. The van der Waals surface area contributed by atoms with Crippen LogP contribution >= 0.6 is 11.6 Å². The van der Waals surface area contributed by atoms with Crippen LogP contribution in [0.2, 0.25) is 5.02 Å². The fraction of sp³-hybridized carbons (Fsp3) is 0.318. The molecule has 34 heavy (non-hydrogen) atoms. The zero-order valence-electron chi connectivity index (χ0n) is 18.7. The molecule has 0 saturated carbocycles. The number of nitrogens with one attached hydrogen (secondary N) is 2. The minimum Gasteiger partial charge on any atom is -0.495 e. The van der Waals surface area contributed by atoms with Crippen LogP contribution in [0.4, 0.5) is 16.3 Å². The van der Waals surface area contributed by atoms with Crippen molar-refractivity contribution in [2.45, 2.75) is 18.4 Å². The van der Waals surface area contributed by atoms with Gasteiger partial charge >= 0.3 is 6.03 Å². The molecule has 0 spiro atoms. The van der Waals surface area contributed by atoms with E-state index in [1.807, 2.05) is 17.0 Å². The molecular formula is C22H25ClN6O4S. The van der Waals surface area contributed by atoms with Crippen molar-refractivity contribution in [3.8, 4) is 5.75 Å². The summed E-state index contributed by atoms with van der Waals surface area (Å²) in [6.45, 7) is 0.964. The van der Waals surface area contributed by atoms with Crippen molar-refractivity contribution in [2.75, 3.05) is 36.7 Å². The number of piperidine rings is 1. The minimum absolute atomic E-state index is 0.210. The molecule has 180 valence electrons. The second-order valence-electron chi connectivity index (χ2n) is 7.97. The molecule has 2 atom stereocenters. The number of aromatic nitrogens is 3. The lowest BCUT2D eigenvalue weighted by Crippen LogP contribution is -2.51. The van der Waals surface area contributed by atoms with Gasteiger partial charge in [-0.25, -0.2) is 13.2 Å². The molecule has 2 amide bonds. The number of pyridine rings is 1. The lowest BCUT2D eigenvalue weighted by atomic mass is 9.89. The number of hydrogen-bond acceptors (Lipinski definition) is 7. The van der Waals surface area contributed by atoms with Gasteiger partial charge in [-0.3, -0.25) is 4.98 Å². The molecule has 1 saturated heterocycles. The van der Waals surface area contributed by atoms with Gasteiger partial charge in [0.15, 0.2) is 0 Å².